The van der Waals surface area contributed by atoms with Crippen LogP contribution in [0.3, 0.4) is 0 Å². The van der Waals surface area contributed by atoms with Crippen molar-refractivity contribution in [2.45, 2.75) is 98.2 Å². The maximum Gasteiger partial charge on any atom is 0.103 e. The molecule has 0 bridgehead atoms. The molecule has 0 spiro atoms. The number of aliphatic hydroxyl groups excluding tert-OH is 1. The Hall–Kier alpha value is -0.760. The van der Waals surface area contributed by atoms with Crippen molar-refractivity contribution in [1.29, 1.82) is 0 Å². The van der Waals surface area contributed by atoms with Gasteiger partial charge in [0.2, 0.25) is 0 Å². The second-order valence-electron chi connectivity index (χ2n) is 8.07. The first-order valence-corrected chi connectivity index (χ1v) is 10.1. The first-order chi connectivity index (χ1) is 11.5. The highest BCUT2D eigenvalue weighted by atomic mass is 16.5. The molecule has 2 nitrogen and oxygen atoms in total. The van der Waals surface area contributed by atoms with E-state index in [0.29, 0.717) is 18.3 Å². The molecule has 1 aliphatic carbocycles. The highest BCUT2D eigenvalue weighted by Crippen LogP contribution is 2.33. The van der Waals surface area contributed by atoms with Gasteiger partial charge in [0.05, 0.1) is 12.4 Å². The second-order valence-corrected chi connectivity index (χ2v) is 8.07. The lowest BCUT2D eigenvalue weighted by atomic mass is 9.95. The summed E-state index contributed by atoms with van der Waals surface area (Å²) in [4.78, 5) is 0. The molecule has 0 radical (unpaired) electrons. The molecule has 0 aromatic rings. The third-order valence-corrected chi connectivity index (χ3v) is 5.22. The Morgan fingerprint density at radius 1 is 1.17 bits per heavy atom. The average molecular weight is 337 g/mol. The molecule has 2 heteroatoms. The van der Waals surface area contributed by atoms with Gasteiger partial charge in [0.25, 0.3) is 0 Å². The van der Waals surface area contributed by atoms with Crippen molar-refractivity contribution in [2.75, 3.05) is 0 Å². The van der Waals surface area contributed by atoms with Crippen LogP contribution in [0.15, 0.2) is 24.0 Å². The van der Waals surface area contributed by atoms with Gasteiger partial charge >= 0.3 is 0 Å². The number of rotatable bonds is 11. The van der Waals surface area contributed by atoms with Crippen LogP contribution in [0.25, 0.3) is 0 Å². The minimum Gasteiger partial charge on any atom is -0.498 e. The Morgan fingerprint density at radius 3 is 2.54 bits per heavy atom. The van der Waals surface area contributed by atoms with Crippen molar-refractivity contribution in [3.8, 4) is 0 Å². The molecule has 1 saturated carbocycles. The average Bonchev–Trinajstić information content (AvgIpc) is 2.97. The van der Waals surface area contributed by atoms with Gasteiger partial charge in [0, 0.05) is 12.3 Å². The monoisotopic (exact) mass is 336 g/mol. The summed E-state index contributed by atoms with van der Waals surface area (Å²) in [7, 11) is 0. The van der Waals surface area contributed by atoms with Crippen LogP contribution in [0.2, 0.25) is 0 Å². The highest BCUT2D eigenvalue weighted by molar-refractivity contribution is 5.16. The van der Waals surface area contributed by atoms with E-state index in [1.54, 1.807) is 5.57 Å². The van der Waals surface area contributed by atoms with Crippen molar-refractivity contribution in [3.63, 3.8) is 0 Å². The standard InChI is InChI=1S/C22H40O2/c1-6-7-8-9-11-19-12-10-13-20(19)14-15-24-22(18(4)5)16-21(23)17(2)3/h11,14-15,17-18,20-23H,6-10,12-13,16H2,1-5H3/b15-14-,19-11-/t20?,21-,22-/m1/s1. The van der Waals surface area contributed by atoms with Gasteiger partial charge in [-0.05, 0) is 50.0 Å². The van der Waals surface area contributed by atoms with Crippen LogP contribution in [-0.2, 0) is 4.74 Å². The van der Waals surface area contributed by atoms with Gasteiger partial charge in [-0.15, -0.1) is 0 Å². The minimum atomic E-state index is -0.286. The third-order valence-electron chi connectivity index (χ3n) is 5.22. The molecule has 1 N–H and O–H groups in total. The lowest BCUT2D eigenvalue weighted by molar-refractivity contribution is 0.0226. The summed E-state index contributed by atoms with van der Waals surface area (Å²) < 4.78 is 6.01. The van der Waals surface area contributed by atoms with Gasteiger partial charge in [-0.25, -0.2) is 0 Å². The van der Waals surface area contributed by atoms with Crippen LogP contribution in [0, 0.1) is 17.8 Å². The number of aliphatic hydroxyl groups is 1. The van der Waals surface area contributed by atoms with Crippen LogP contribution >= 0.6 is 0 Å². The van der Waals surface area contributed by atoms with Crippen LogP contribution in [-0.4, -0.2) is 17.3 Å². The van der Waals surface area contributed by atoms with Crippen molar-refractivity contribution in [1.82, 2.24) is 0 Å². The third kappa shape index (κ3) is 7.88. The number of hydrogen-bond donors (Lipinski definition) is 1. The number of allylic oxidation sites excluding steroid dienone is 3. The summed E-state index contributed by atoms with van der Waals surface area (Å²) in [6.45, 7) is 10.7. The quantitative estimate of drug-likeness (QED) is 0.274. The zero-order valence-electron chi connectivity index (χ0n) is 16.6. The molecule has 0 aromatic carbocycles. The van der Waals surface area contributed by atoms with Gasteiger partial charge < -0.3 is 9.84 Å². The first kappa shape index (κ1) is 21.3. The minimum absolute atomic E-state index is 0.0945. The smallest absolute Gasteiger partial charge is 0.103 e. The first-order valence-electron chi connectivity index (χ1n) is 10.1. The topological polar surface area (TPSA) is 29.5 Å². The number of unbranched alkanes of at least 4 members (excludes halogenated alkanes) is 3. The predicted molar refractivity (Wildman–Crippen MR) is 104 cm³/mol. The molecule has 24 heavy (non-hydrogen) atoms. The fraction of sp³-hybridized carbons (Fsp3) is 0.818. The van der Waals surface area contributed by atoms with E-state index in [-0.39, 0.29) is 18.1 Å². The second kappa shape index (κ2) is 11.7. The van der Waals surface area contributed by atoms with Crippen LogP contribution in [0.4, 0.5) is 0 Å². The molecule has 1 rings (SSSR count). The Labute approximate surface area is 150 Å². The van der Waals surface area contributed by atoms with E-state index in [2.05, 4.69) is 46.8 Å². The number of ether oxygens (including phenoxy) is 1. The molecule has 3 atom stereocenters. The van der Waals surface area contributed by atoms with Crippen molar-refractivity contribution in [2.24, 2.45) is 17.8 Å². The molecule has 1 fully saturated rings. The summed E-state index contributed by atoms with van der Waals surface area (Å²) >= 11 is 0. The van der Waals surface area contributed by atoms with E-state index in [0.717, 1.165) is 0 Å². The summed E-state index contributed by atoms with van der Waals surface area (Å²) in [5, 5.41) is 10.1. The van der Waals surface area contributed by atoms with E-state index in [1.807, 2.05) is 6.26 Å². The molecule has 0 aliphatic heterocycles. The fourth-order valence-corrected chi connectivity index (χ4v) is 3.29. The molecule has 0 saturated heterocycles. The van der Waals surface area contributed by atoms with Crippen LogP contribution in [0.5, 0.6) is 0 Å². The predicted octanol–water partition coefficient (Wildman–Crippen LogP) is 6.26. The maximum absolute atomic E-state index is 10.1. The Kier molecular flexibility index (Phi) is 10.4. The molecule has 0 heterocycles. The molecule has 0 amide bonds. The van der Waals surface area contributed by atoms with Crippen LogP contribution in [0.1, 0.15) is 86.0 Å². The molecule has 1 aliphatic rings. The molecule has 1 unspecified atom stereocenters. The lowest BCUT2D eigenvalue weighted by Gasteiger charge is -2.25. The molecular weight excluding hydrogens is 296 g/mol. The summed E-state index contributed by atoms with van der Waals surface area (Å²) in [5.74, 6) is 1.26. The fourth-order valence-electron chi connectivity index (χ4n) is 3.29. The normalized spacial score (nSPS) is 22.8. The molecular formula is C22H40O2. The molecule has 140 valence electrons. The van der Waals surface area contributed by atoms with E-state index in [1.165, 1.54) is 44.9 Å². The summed E-state index contributed by atoms with van der Waals surface area (Å²) in [6.07, 6.45) is 16.1. The van der Waals surface area contributed by atoms with E-state index < -0.39 is 0 Å². The Bertz CT molecular complexity index is 381. The largest absolute Gasteiger partial charge is 0.498 e. The van der Waals surface area contributed by atoms with Crippen LogP contribution < -0.4 is 0 Å². The van der Waals surface area contributed by atoms with Gasteiger partial charge in [0.15, 0.2) is 0 Å². The van der Waals surface area contributed by atoms with Gasteiger partial charge in [-0.1, -0.05) is 59.1 Å². The number of hydrogen-bond acceptors (Lipinski definition) is 2. The maximum atomic E-state index is 10.1. The lowest BCUT2D eigenvalue weighted by Crippen LogP contribution is -2.27. The highest BCUT2D eigenvalue weighted by Gasteiger charge is 2.21. The van der Waals surface area contributed by atoms with Gasteiger partial charge in [0.1, 0.15) is 6.10 Å². The van der Waals surface area contributed by atoms with Gasteiger partial charge in [-0.3, -0.25) is 0 Å². The zero-order chi connectivity index (χ0) is 17.9. The van der Waals surface area contributed by atoms with Crippen molar-refractivity contribution < 1.29 is 9.84 Å². The van der Waals surface area contributed by atoms with E-state index in [9.17, 15) is 5.11 Å². The van der Waals surface area contributed by atoms with E-state index >= 15 is 0 Å². The Balaban J connectivity index is 2.50. The summed E-state index contributed by atoms with van der Waals surface area (Å²) in [6, 6.07) is 0. The van der Waals surface area contributed by atoms with Crippen molar-refractivity contribution in [3.05, 3.63) is 24.0 Å². The summed E-state index contributed by atoms with van der Waals surface area (Å²) in [5.41, 5.74) is 1.61. The van der Waals surface area contributed by atoms with E-state index in [4.69, 9.17) is 4.74 Å². The van der Waals surface area contributed by atoms with Gasteiger partial charge in [-0.2, -0.15) is 0 Å². The zero-order valence-corrected chi connectivity index (χ0v) is 16.6. The SMILES string of the molecule is CCCCC/C=C1/CCCC1/C=C\O[C@H](C[C@@H](O)C(C)C)C(C)C. The Morgan fingerprint density at radius 2 is 1.92 bits per heavy atom. The molecule has 0 aromatic heterocycles. The van der Waals surface area contributed by atoms with Crippen molar-refractivity contribution >= 4 is 0 Å².